The molecule has 94 valence electrons. The minimum atomic E-state index is 0.490. The maximum Gasteiger partial charge on any atom is 0.149 e. The van der Waals surface area contributed by atoms with Gasteiger partial charge in [-0.15, -0.1) is 0 Å². The lowest BCUT2D eigenvalue weighted by atomic mass is 10.3. The van der Waals surface area contributed by atoms with Crippen molar-refractivity contribution in [2.24, 2.45) is 5.73 Å². The van der Waals surface area contributed by atoms with E-state index in [4.69, 9.17) is 22.1 Å². The zero-order valence-corrected chi connectivity index (χ0v) is 10.5. The number of pyridine rings is 1. The first kappa shape index (κ1) is 12.7. The molecular weight excluding hydrogens is 250 g/mol. The molecule has 0 aliphatic carbocycles. The molecule has 0 aliphatic rings. The molecular formula is C13H14ClN3O. The van der Waals surface area contributed by atoms with Gasteiger partial charge in [0.2, 0.25) is 0 Å². The lowest BCUT2D eigenvalue weighted by Gasteiger charge is -2.09. The Hall–Kier alpha value is -1.78. The summed E-state index contributed by atoms with van der Waals surface area (Å²) in [5, 5.41) is 3.71. The van der Waals surface area contributed by atoms with Crippen LogP contribution in [0, 0.1) is 0 Å². The van der Waals surface area contributed by atoms with Crippen molar-refractivity contribution in [3.05, 3.63) is 47.6 Å². The van der Waals surface area contributed by atoms with E-state index in [2.05, 4.69) is 10.3 Å². The fourth-order valence-electron chi connectivity index (χ4n) is 1.45. The molecule has 3 N–H and O–H groups in total. The number of hydrogen-bond donors (Lipinski definition) is 2. The van der Waals surface area contributed by atoms with Gasteiger partial charge in [0.1, 0.15) is 18.2 Å². The molecule has 0 unspecified atom stereocenters. The fraction of sp³-hybridized carbons (Fsp3) is 0.154. The van der Waals surface area contributed by atoms with E-state index >= 15 is 0 Å². The molecule has 1 aromatic carbocycles. The van der Waals surface area contributed by atoms with Gasteiger partial charge in [-0.2, -0.15) is 0 Å². The zero-order valence-electron chi connectivity index (χ0n) is 9.77. The van der Waals surface area contributed by atoms with Gasteiger partial charge in [-0.1, -0.05) is 17.7 Å². The van der Waals surface area contributed by atoms with Crippen molar-refractivity contribution < 1.29 is 4.74 Å². The summed E-state index contributed by atoms with van der Waals surface area (Å²) in [6.07, 6.45) is 1.68. The van der Waals surface area contributed by atoms with E-state index in [1.165, 1.54) is 0 Å². The quantitative estimate of drug-likeness (QED) is 0.871. The first-order chi connectivity index (χ1) is 8.79. The van der Waals surface area contributed by atoms with Gasteiger partial charge in [0.15, 0.2) is 0 Å². The summed E-state index contributed by atoms with van der Waals surface area (Å²) in [5.41, 5.74) is 6.26. The number of rotatable bonds is 5. The number of ether oxygens (including phenoxy) is 1. The van der Waals surface area contributed by atoms with E-state index < -0.39 is 0 Å². The molecule has 0 fully saturated rings. The summed E-state index contributed by atoms with van der Waals surface area (Å²) < 4.78 is 5.45. The molecule has 18 heavy (non-hydrogen) atoms. The highest BCUT2D eigenvalue weighted by atomic mass is 35.5. The van der Waals surface area contributed by atoms with E-state index in [1.807, 2.05) is 24.3 Å². The lowest BCUT2D eigenvalue weighted by Crippen LogP contribution is -2.10. The fourth-order valence-corrected chi connectivity index (χ4v) is 1.62. The summed E-state index contributed by atoms with van der Waals surface area (Å²) in [7, 11) is 0. The normalized spacial score (nSPS) is 10.1. The second-order valence-electron chi connectivity index (χ2n) is 3.62. The Kier molecular flexibility index (Phi) is 4.39. The van der Waals surface area contributed by atoms with Crippen molar-refractivity contribution in [3.8, 4) is 5.75 Å². The molecule has 0 bridgehead atoms. The van der Waals surface area contributed by atoms with Crippen LogP contribution < -0.4 is 15.8 Å². The van der Waals surface area contributed by atoms with Crippen LogP contribution in [0.2, 0.25) is 5.02 Å². The van der Waals surface area contributed by atoms with E-state index in [-0.39, 0.29) is 0 Å². The van der Waals surface area contributed by atoms with Crippen molar-refractivity contribution in [1.82, 2.24) is 4.98 Å². The molecule has 1 aromatic heterocycles. The van der Waals surface area contributed by atoms with Crippen molar-refractivity contribution in [2.75, 3.05) is 18.5 Å². The summed E-state index contributed by atoms with van der Waals surface area (Å²) in [4.78, 5) is 4.16. The molecule has 0 spiro atoms. The maximum absolute atomic E-state index is 6.02. The van der Waals surface area contributed by atoms with Gasteiger partial charge < -0.3 is 15.8 Å². The van der Waals surface area contributed by atoms with Crippen LogP contribution >= 0.6 is 11.6 Å². The lowest BCUT2D eigenvalue weighted by molar-refractivity contribution is 0.328. The van der Waals surface area contributed by atoms with Crippen LogP contribution in [0.5, 0.6) is 5.75 Å². The predicted octanol–water partition coefficient (Wildman–Crippen LogP) is 2.82. The molecule has 5 heteroatoms. The molecule has 2 rings (SSSR count). The molecule has 0 aliphatic heterocycles. The van der Waals surface area contributed by atoms with E-state index in [1.54, 1.807) is 18.3 Å². The third kappa shape index (κ3) is 3.35. The Bertz CT molecular complexity index is 519. The highest BCUT2D eigenvalue weighted by Crippen LogP contribution is 2.24. The Morgan fingerprint density at radius 3 is 2.94 bits per heavy atom. The third-order valence-electron chi connectivity index (χ3n) is 2.24. The molecule has 4 nitrogen and oxygen atoms in total. The average molecular weight is 264 g/mol. The van der Waals surface area contributed by atoms with Crippen LogP contribution in [0.4, 0.5) is 11.5 Å². The van der Waals surface area contributed by atoms with E-state index in [0.717, 1.165) is 11.4 Å². The number of nitrogens with one attached hydrogen (secondary N) is 1. The minimum absolute atomic E-state index is 0.490. The maximum atomic E-state index is 6.02. The number of halogens is 1. The third-order valence-corrected chi connectivity index (χ3v) is 2.55. The second kappa shape index (κ2) is 6.23. The number of nitrogens with zero attached hydrogens (tertiary/aromatic N) is 1. The van der Waals surface area contributed by atoms with Gasteiger partial charge in [-0.25, -0.2) is 4.98 Å². The van der Waals surface area contributed by atoms with Crippen molar-refractivity contribution >= 4 is 23.1 Å². The first-order valence-electron chi connectivity index (χ1n) is 5.60. The van der Waals surface area contributed by atoms with E-state index in [9.17, 15) is 0 Å². The summed E-state index contributed by atoms with van der Waals surface area (Å²) in [6, 6.07) is 11.1. The highest BCUT2D eigenvalue weighted by molar-refractivity contribution is 6.33. The molecule has 0 saturated carbocycles. The van der Waals surface area contributed by atoms with Gasteiger partial charge in [0.05, 0.1) is 5.02 Å². The molecule has 0 saturated heterocycles. The van der Waals surface area contributed by atoms with Crippen LogP contribution in [-0.4, -0.2) is 18.1 Å². The van der Waals surface area contributed by atoms with Gasteiger partial charge >= 0.3 is 0 Å². The Labute approximate surface area is 111 Å². The van der Waals surface area contributed by atoms with E-state index in [0.29, 0.717) is 24.0 Å². The smallest absolute Gasteiger partial charge is 0.149 e. The van der Waals surface area contributed by atoms with Gasteiger partial charge in [0, 0.05) is 24.5 Å². The molecule has 0 amide bonds. The largest absolute Gasteiger partial charge is 0.492 e. The molecule has 1 heterocycles. The second-order valence-corrected chi connectivity index (χ2v) is 4.03. The van der Waals surface area contributed by atoms with Gasteiger partial charge in [-0.05, 0) is 24.3 Å². The number of anilines is 2. The highest BCUT2D eigenvalue weighted by Gasteiger charge is 2.02. The monoisotopic (exact) mass is 263 g/mol. The molecule has 2 aromatic rings. The Morgan fingerprint density at radius 2 is 2.17 bits per heavy atom. The van der Waals surface area contributed by atoms with Gasteiger partial charge in [0.25, 0.3) is 0 Å². The predicted molar refractivity (Wildman–Crippen MR) is 73.5 cm³/mol. The molecule has 0 radical (unpaired) electrons. The Balaban J connectivity index is 2.12. The number of nitrogens with two attached hydrogens (primary N) is 1. The minimum Gasteiger partial charge on any atom is -0.492 e. The number of benzene rings is 1. The van der Waals surface area contributed by atoms with Crippen molar-refractivity contribution in [2.45, 2.75) is 0 Å². The van der Waals surface area contributed by atoms with Crippen molar-refractivity contribution in [3.63, 3.8) is 0 Å². The average Bonchev–Trinajstić information content (AvgIpc) is 2.40. The van der Waals surface area contributed by atoms with Crippen LogP contribution in [-0.2, 0) is 0 Å². The Morgan fingerprint density at radius 1 is 1.28 bits per heavy atom. The first-order valence-corrected chi connectivity index (χ1v) is 5.98. The number of aromatic nitrogens is 1. The summed E-state index contributed by atoms with van der Waals surface area (Å²) in [5.74, 6) is 1.38. The van der Waals surface area contributed by atoms with Crippen LogP contribution in [0.15, 0.2) is 42.6 Å². The standard InChI is InChI=1S/C13H14ClN3O/c14-12-5-2-7-16-13(12)17-10-3-1-4-11(9-10)18-8-6-15/h1-5,7,9H,6,8,15H2,(H,16,17). The zero-order chi connectivity index (χ0) is 12.8. The summed E-state index contributed by atoms with van der Waals surface area (Å²) in [6.45, 7) is 0.984. The topological polar surface area (TPSA) is 60.2 Å². The number of hydrogen-bond acceptors (Lipinski definition) is 4. The van der Waals surface area contributed by atoms with Crippen LogP contribution in [0.1, 0.15) is 0 Å². The van der Waals surface area contributed by atoms with Crippen molar-refractivity contribution in [1.29, 1.82) is 0 Å². The van der Waals surface area contributed by atoms with Crippen LogP contribution in [0.3, 0.4) is 0 Å². The van der Waals surface area contributed by atoms with Gasteiger partial charge in [-0.3, -0.25) is 0 Å². The SMILES string of the molecule is NCCOc1cccc(Nc2ncccc2Cl)c1. The molecule has 0 atom stereocenters. The summed E-state index contributed by atoms with van der Waals surface area (Å²) >= 11 is 6.02. The van der Waals surface area contributed by atoms with Crippen LogP contribution in [0.25, 0.3) is 0 Å².